The summed E-state index contributed by atoms with van der Waals surface area (Å²) in [5.74, 6) is 0.466. The van der Waals surface area contributed by atoms with Gasteiger partial charge in [-0.2, -0.15) is 13.2 Å². The van der Waals surface area contributed by atoms with E-state index in [1.165, 1.54) is 0 Å². The molecule has 5 nitrogen and oxygen atoms in total. The number of hydrogen-bond acceptors (Lipinski definition) is 3. The summed E-state index contributed by atoms with van der Waals surface area (Å²) in [7, 11) is 3.63. The molecule has 32 heavy (non-hydrogen) atoms. The Bertz CT molecular complexity index is 890. The number of alkyl halides is 3. The summed E-state index contributed by atoms with van der Waals surface area (Å²) in [5, 5.41) is 3.13. The lowest BCUT2D eigenvalue weighted by atomic mass is 9.84. The molecule has 3 N–H and O–H groups in total. The van der Waals surface area contributed by atoms with Gasteiger partial charge in [0.25, 0.3) is 0 Å². The van der Waals surface area contributed by atoms with Gasteiger partial charge in [-0.15, -0.1) is 24.0 Å². The van der Waals surface area contributed by atoms with Crippen LogP contribution >= 0.6 is 24.0 Å². The second-order valence-electron chi connectivity index (χ2n) is 7.89. The van der Waals surface area contributed by atoms with E-state index in [-0.39, 0.29) is 35.9 Å². The number of nitrogens with two attached hydrogens (primary N) is 1. The number of para-hydroxylation sites is 1. The first-order valence-electron chi connectivity index (χ1n) is 10.3. The molecule has 2 unspecified atom stereocenters. The molecule has 1 aliphatic rings. The van der Waals surface area contributed by atoms with Crippen LogP contribution in [0.5, 0.6) is 0 Å². The molecule has 0 bridgehead atoms. The fourth-order valence-corrected chi connectivity index (χ4v) is 4.16. The number of aliphatic imine (C=N–C) groups is 1. The van der Waals surface area contributed by atoms with Crippen molar-refractivity contribution in [1.82, 2.24) is 4.90 Å². The quantitative estimate of drug-likeness (QED) is 0.286. The normalized spacial score (nSPS) is 20.0. The molecule has 0 aliphatic carbocycles. The molecule has 1 aliphatic heterocycles. The molecular formula is C23H30F3IN4O. The van der Waals surface area contributed by atoms with Crippen LogP contribution in [0.25, 0.3) is 0 Å². The Kier molecular flexibility index (Phi) is 9.78. The van der Waals surface area contributed by atoms with Crippen molar-refractivity contribution in [2.75, 3.05) is 32.6 Å². The maximum absolute atomic E-state index is 12.9. The number of halogens is 4. The minimum absolute atomic E-state index is 0. The maximum atomic E-state index is 12.9. The van der Waals surface area contributed by atoms with Gasteiger partial charge in [0.15, 0.2) is 5.96 Å². The van der Waals surface area contributed by atoms with E-state index in [4.69, 9.17) is 10.5 Å². The number of guanidine groups is 1. The van der Waals surface area contributed by atoms with E-state index in [2.05, 4.69) is 15.2 Å². The summed E-state index contributed by atoms with van der Waals surface area (Å²) in [5.41, 5.74) is 8.18. The zero-order valence-electron chi connectivity index (χ0n) is 18.2. The SMILES string of the molecule is COCc1ccccc1NC(N)=NCC1CCCN(C)C1c1ccc(C(F)(F)F)cc1.I. The van der Waals surface area contributed by atoms with Crippen molar-refractivity contribution in [2.24, 2.45) is 16.6 Å². The van der Waals surface area contributed by atoms with Crippen LogP contribution in [-0.4, -0.2) is 38.1 Å². The minimum atomic E-state index is -4.33. The second kappa shape index (κ2) is 11.9. The summed E-state index contributed by atoms with van der Waals surface area (Å²) in [6.07, 6.45) is -2.38. The summed E-state index contributed by atoms with van der Waals surface area (Å²) >= 11 is 0. The van der Waals surface area contributed by atoms with Crippen molar-refractivity contribution in [2.45, 2.75) is 31.7 Å². The molecule has 2 aromatic carbocycles. The third-order valence-corrected chi connectivity index (χ3v) is 5.66. The number of anilines is 1. The molecule has 9 heteroatoms. The maximum Gasteiger partial charge on any atom is 0.416 e. The predicted octanol–water partition coefficient (Wildman–Crippen LogP) is 5.28. The molecule has 0 spiro atoms. The van der Waals surface area contributed by atoms with Crippen molar-refractivity contribution in [3.63, 3.8) is 0 Å². The highest BCUT2D eigenvalue weighted by molar-refractivity contribution is 14.0. The van der Waals surface area contributed by atoms with Gasteiger partial charge in [-0.05, 0) is 56.1 Å². The third kappa shape index (κ3) is 6.82. The van der Waals surface area contributed by atoms with E-state index in [0.717, 1.165) is 48.3 Å². The van der Waals surface area contributed by atoms with Crippen LogP contribution in [0.2, 0.25) is 0 Å². The van der Waals surface area contributed by atoms with Gasteiger partial charge in [-0.1, -0.05) is 30.3 Å². The Hall–Kier alpha value is -1.85. The van der Waals surface area contributed by atoms with Crippen molar-refractivity contribution < 1.29 is 17.9 Å². The molecule has 1 saturated heterocycles. The number of hydrogen-bond donors (Lipinski definition) is 2. The fourth-order valence-electron chi connectivity index (χ4n) is 4.16. The van der Waals surface area contributed by atoms with Gasteiger partial charge in [0.1, 0.15) is 0 Å². The molecule has 1 fully saturated rings. The molecule has 0 aromatic heterocycles. The number of rotatable bonds is 6. The average molecular weight is 562 g/mol. The first kappa shape index (κ1) is 26.4. The Balaban J connectivity index is 0.00000363. The highest BCUT2D eigenvalue weighted by Gasteiger charge is 2.33. The summed E-state index contributed by atoms with van der Waals surface area (Å²) in [4.78, 5) is 6.73. The molecule has 176 valence electrons. The first-order chi connectivity index (χ1) is 14.8. The third-order valence-electron chi connectivity index (χ3n) is 5.66. The first-order valence-corrected chi connectivity index (χ1v) is 10.3. The molecule has 0 amide bonds. The standard InChI is InChI=1S/C23H29F3N4O.HI/c1-30-13-5-7-17(21(30)16-9-11-19(12-10-16)23(24,25)26)14-28-22(27)29-20-8-4-3-6-18(20)15-31-2;/h3-4,6,8-12,17,21H,5,7,13-15H2,1-2H3,(H3,27,28,29);1H. The summed E-state index contributed by atoms with van der Waals surface area (Å²) in [6, 6.07) is 13.2. The lowest BCUT2D eigenvalue weighted by Gasteiger charge is -2.39. The largest absolute Gasteiger partial charge is 0.416 e. The highest BCUT2D eigenvalue weighted by Crippen LogP contribution is 2.37. The predicted molar refractivity (Wildman–Crippen MR) is 132 cm³/mol. The van der Waals surface area contributed by atoms with E-state index in [9.17, 15) is 13.2 Å². The fraction of sp³-hybridized carbons (Fsp3) is 0.435. The van der Waals surface area contributed by atoms with Crippen LogP contribution in [0, 0.1) is 5.92 Å². The van der Waals surface area contributed by atoms with Crippen LogP contribution in [-0.2, 0) is 17.5 Å². The Morgan fingerprint density at radius 1 is 1.19 bits per heavy atom. The van der Waals surface area contributed by atoms with Crippen LogP contribution in [0.1, 0.15) is 35.6 Å². The molecule has 2 aromatic rings. The molecule has 0 radical (unpaired) electrons. The molecule has 0 saturated carbocycles. The van der Waals surface area contributed by atoms with Crippen molar-refractivity contribution >= 4 is 35.6 Å². The summed E-state index contributed by atoms with van der Waals surface area (Å²) in [6.45, 7) is 1.84. The van der Waals surface area contributed by atoms with Crippen LogP contribution in [0.15, 0.2) is 53.5 Å². The Morgan fingerprint density at radius 2 is 1.88 bits per heavy atom. The number of nitrogens with one attached hydrogen (secondary N) is 1. The Morgan fingerprint density at radius 3 is 2.53 bits per heavy atom. The van der Waals surface area contributed by atoms with Gasteiger partial charge < -0.3 is 15.8 Å². The number of methoxy groups -OCH3 is 1. The van der Waals surface area contributed by atoms with Gasteiger partial charge in [0.05, 0.1) is 12.2 Å². The number of benzene rings is 2. The lowest BCUT2D eigenvalue weighted by Crippen LogP contribution is -2.38. The molecule has 3 rings (SSSR count). The van der Waals surface area contributed by atoms with Crippen LogP contribution in [0.4, 0.5) is 18.9 Å². The molecular weight excluding hydrogens is 532 g/mol. The number of ether oxygens (including phenoxy) is 1. The van der Waals surface area contributed by atoms with Gasteiger partial charge in [0, 0.05) is 30.9 Å². The van der Waals surface area contributed by atoms with Gasteiger partial charge >= 0.3 is 6.18 Å². The topological polar surface area (TPSA) is 62.9 Å². The molecule has 1 heterocycles. The van der Waals surface area contributed by atoms with E-state index >= 15 is 0 Å². The van der Waals surface area contributed by atoms with E-state index in [0.29, 0.717) is 19.1 Å². The second-order valence-corrected chi connectivity index (χ2v) is 7.89. The highest BCUT2D eigenvalue weighted by atomic mass is 127. The van der Waals surface area contributed by atoms with E-state index < -0.39 is 11.7 Å². The van der Waals surface area contributed by atoms with Crippen LogP contribution < -0.4 is 11.1 Å². The van der Waals surface area contributed by atoms with E-state index in [1.807, 2.05) is 31.3 Å². The zero-order valence-corrected chi connectivity index (χ0v) is 20.6. The number of likely N-dealkylation sites (tertiary alicyclic amines) is 1. The average Bonchev–Trinajstić information content (AvgIpc) is 2.73. The van der Waals surface area contributed by atoms with Crippen molar-refractivity contribution in [1.29, 1.82) is 0 Å². The minimum Gasteiger partial charge on any atom is -0.380 e. The van der Waals surface area contributed by atoms with Crippen molar-refractivity contribution in [3.05, 3.63) is 65.2 Å². The van der Waals surface area contributed by atoms with Gasteiger partial charge in [0.2, 0.25) is 0 Å². The Labute approximate surface area is 204 Å². The number of piperidine rings is 1. The van der Waals surface area contributed by atoms with Crippen molar-refractivity contribution in [3.8, 4) is 0 Å². The molecule has 2 atom stereocenters. The van der Waals surface area contributed by atoms with Gasteiger partial charge in [-0.25, -0.2) is 0 Å². The summed E-state index contributed by atoms with van der Waals surface area (Å²) < 4.78 is 44.0. The monoisotopic (exact) mass is 562 g/mol. The number of nitrogens with zero attached hydrogens (tertiary/aromatic N) is 2. The van der Waals surface area contributed by atoms with E-state index in [1.54, 1.807) is 19.2 Å². The lowest BCUT2D eigenvalue weighted by molar-refractivity contribution is -0.137. The zero-order chi connectivity index (χ0) is 22.4. The smallest absolute Gasteiger partial charge is 0.380 e. The van der Waals surface area contributed by atoms with Crippen LogP contribution in [0.3, 0.4) is 0 Å². The van der Waals surface area contributed by atoms with Gasteiger partial charge in [-0.3, -0.25) is 9.89 Å².